The maximum atomic E-state index is 12.8. The van der Waals surface area contributed by atoms with E-state index in [4.69, 9.17) is 5.73 Å². The van der Waals surface area contributed by atoms with Gasteiger partial charge in [-0.3, -0.25) is 19.1 Å². The zero-order valence-electron chi connectivity index (χ0n) is 17.7. The van der Waals surface area contributed by atoms with Crippen LogP contribution in [-0.4, -0.2) is 30.7 Å². The summed E-state index contributed by atoms with van der Waals surface area (Å²) in [5, 5.41) is 4.97. The topological polar surface area (TPSA) is 131 Å². The van der Waals surface area contributed by atoms with Crippen LogP contribution in [-0.2, 0) is 13.1 Å². The van der Waals surface area contributed by atoms with Gasteiger partial charge in [-0.25, -0.2) is 9.78 Å². The highest BCUT2D eigenvalue weighted by Gasteiger charge is 2.21. The average Bonchev–Trinajstić information content (AvgIpc) is 3.14. The molecule has 0 amide bonds. The predicted molar refractivity (Wildman–Crippen MR) is 124 cm³/mol. The van der Waals surface area contributed by atoms with Crippen LogP contribution in [0.1, 0.15) is 29.6 Å². The molecule has 4 aromatic rings. The fourth-order valence-corrected chi connectivity index (χ4v) is 4.49. The first kappa shape index (κ1) is 21.5. The Bertz CT molecular complexity index is 1440. The van der Waals surface area contributed by atoms with Crippen molar-refractivity contribution in [2.45, 2.75) is 33.4 Å². The quantitative estimate of drug-likeness (QED) is 0.432. The van der Waals surface area contributed by atoms with E-state index >= 15 is 0 Å². The Hall–Kier alpha value is -3.73. The van der Waals surface area contributed by atoms with E-state index in [9.17, 15) is 14.4 Å². The second-order valence-electron chi connectivity index (χ2n) is 7.41. The summed E-state index contributed by atoms with van der Waals surface area (Å²) >= 11 is 1.27. The molecule has 0 bridgehead atoms. The molecule has 4 rings (SSSR count). The highest BCUT2D eigenvalue weighted by Crippen LogP contribution is 2.22. The Morgan fingerprint density at radius 3 is 2.66 bits per heavy atom. The fraction of sp³-hybridized carbons (Fsp3) is 0.286. The SMILES string of the molecule is CCCN(Cc1nn2c(=O)cc(C)nc2s1)c1c(N)n(Cc2ccccc2)c(=O)[nH]c1=O. The first-order valence-electron chi connectivity index (χ1n) is 10.1. The second-order valence-corrected chi connectivity index (χ2v) is 8.45. The molecule has 3 aromatic heterocycles. The Morgan fingerprint density at radius 2 is 1.94 bits per heavy atom. The van der Waals surface area contributed by atoms with Gasteiger partial charge in [0.1, 0.15) is 16.5 Å². The molecule has 32 heavy (non-hydrogen) atoms. The van der Waals surface area contributed by atoms with Gasteiger partial charge < -0.3 is 10.6 Å². The predicted octanol–water partition coefficient (Wildman–Crippen LogP) is 1.36. The van der Waals surface area contributed by atoms with Crippen molar-refractivity contribution >= 4 is 27.8 Å². The third-order valence-corrected chi connectivity index (χ3v) is 5.84. The minimum atomic E-state index is -0.567. The van der Waals surface area contributed by atoms with Crippen LogP contribution in [0.25, 0.3) is 4.96 Å². The van der Waals surface area contributed by atoms with Gasteiger partial charge in [0.15, 0.2) is 0 Å². The first-order chi connectivity index (χ1) is 15.4. The van der Waals surface area contributed by atoms with Gasteiger partial charge in [-0.2, -0.15) is 9.61 Å². The summed E-state index contributed by atoms with van der Waals surface area (Å²) in [6.07, 6.45) is 0.735. The van der Waals surface area contributed by atoms with Gasteiger partial charge in [0.2, 0.25) is 4.96 Å². The molecular formula is C21H23N7O3S. The zero-order valence-corrected chi connectivity index (χ0v) is 18.6. The molecule has 0 aliphatic heterocycles. The molecule has 10 nitrogen and oxygen atoms in total. The number of benzene rings is 1. The van der Waals surface area contributed by atoms with Gasteiger partial charge in [0, 0.05) is 18.3 Å². The molecule has 0 saturated heterocycles. The van der Waals surface area contributed by atoms with Crippen LogP contribution in [0.4, 0.5) is 11.5 Å². The molecule has 0 spiro atoms. The normalized spacial score (nSPS) is 11.2. The minimum absolute atomic E-state index is 0.0864. The maximum Gasteiger partial charge on any atom is 0.330 e. The van der Waals surface area contributed by atoms with Crippen molar-refractivity contribution in [3.8, 4) is 0 Å². The van der Waals surface area contributed by atoms with Crippen LogP contribution < -0.4 is 27.4 Å². The van der Waals surface area contributed by atoms with Crippen molar-refractivity contribution in [1.29, 1.82) is 0 Å². The summed E-state index contributed by atoms with van der Waals surface area (Å²) < 4.78 is 2.60. The van der Waals surface area contributed by atoms with Crippen LogP contribution >= 0.6 is 11.3 Å². The average molecular weight is 454 g/mol. The van der Waals surface area contributed by atoms with Crippen LogP contribution in [0.3, 0.4) is 0 Å². The van der Waals surface area contributed by atoms with Crippen molar-refractivity contribution in [2.24, 2.45) is 0 Å². The lowest BCUT2D eigenvalue weighted by Crippen LogP contribution is -2.38. The Morgan fingerprint density at radius 1 is 1.19 bits per heavy atom. The van der Waals surface area contributed by atoms with E-state index in [1.165, 1.54) is 26.5 Å². The Kier molecular flexibility index (Phi) is 5.91. The maximum absolute atomic E-state index is 12.8. The number of rotatable bonds is 7. The number of H-pyrrole nitrogens is 1. The molecule has 0 aliphatic rings. The van der Waals surface area contributed by atoms with Crippen molar-refractivity contribution in [3.63, 3.8) is 0 Å². The standard InChI is InChI=1S/C21H23N7O3S/c1-3-9-26(12-15-25-28-16(29)10-13(2)23-21(28)32-15)17-18(22)27(20(31)24-19(17)30)11-14-7-5-4-6-8-14/h4-8,10H,3,9,11-12,22H2,1-2H3,(H,24,30,31). The Labute approximate surface area is 186 Å². The van der Waals surface area contributed by atoms with E-state index in [2.05, 4.69) is 15.1 Å². The van der Waals surface area contributed by atoms with Crippen molar-refractivity contribution in [1.82, 2.24) is 24.1 Å². The van der Waals surface area contributed by atoms with E-state index < -0.39 is 11.2 Å². The summed E-state index contributed by atoms with van der Waals surface area (Å²) in [5.41, 5.74) is 6.67. The van der Waals surface area contributed by atoms with E-state index in [1.807, 2.05) is 37.3 Å². The number of aromatic nitrogens is 5. The van der Waals surface area contributed by atoms with Gasteiger partial charge in [-0.15, -0.1) is 0 Å². The van der Waals surface area contributed by atoms with E-state index in [0.717, 1.165) is 12.0 Å². The van der Waals surface area contributed by atoms with Crippen molar-refractivity contribution in [2.75, 3.05) is 17.2 Å². The number of anilines is 2. The van der Waals surface area contributed by atoms with Crippen molar-refractivity contribution in [3.05, 3.63) is 83.9 Å². The second kappa shape index (κ2) is 8.79. The van der Waals surface area contributed by atoms with E-state index in [1.54, 1.807) is 11.8 Å². The molecule has 0 atom stereocenters. The number of nitrogens with one attached hydrogen (secondary N) is 1. The van der Waals surface area contributed by atoms with Gasteiger partial charge in [-0.05, 0) is 18.9 Å². The zero-order chi connectivity index (χ0) is 22.8. The van der Waals surface area contributed by atoms with Gasteiger partial charge in [0.25, 0.3) is 11.1 Å². The molecule has 166 valence electrons. The molecule has 0 aliphatic carbocycles. The van der Waals surface area contributed by atoms with Crippen LogP contribution in [0, 0.1) is 6.92 Å². The van der Waals surface area contributed by atoms with Crippen LogP contribution in [0.2, 0.25) is 0 Å². The van der Waals surface area contributed by atoms with E-state index in [-0.39, 0.29) is 30.2 Å². The Balaban J connectivity index is 1.76. The molecule has 0 saturated carbocycles. The number of fused-ring (bicyclic) bond motifs is 1. The monoisotopic (exact) mass is 453 g/mol. The molecule has 1 aromatic carbocycles. The molecular weight excluding hydrogens is 430 g/mol. The number of nitrogens with zero attached hydrogens (tertiary/aromatic N) is 5. The number of hydrogen-bond acceptors (Lipinski definition) is 8. The van der Waals surface area contributed by atoms with Gasteiger partial charge in [0.05, 0.1) is 13.1 Å². The molecule has 0 unspecified atom stereocenters. The summed E-state index contributed by atoms with van der Waals surface area (Å²) in [4.78, 5) is 46.5. The minimum Gasteiger partial charge on any atom is -0.383 e. The highest BCUT2D eigenvalue weighted by molar-refractivity contribution is 7.16. The number of nitrogen functional groups attached to an aromatic ring is 1. The smallest absolute Gasteiger partial charge is 0.330 e. The number of aryl methyl sites for hydroxylation is 1. The van der Waals surface area contributed by atoms with Crippen LogP contribution in [0.5, 0.6) is 0 Å². The summed E-state index contributed by atoms with van der Waals surface area (Å²) in [6, 6.07) is 10.8. The highest BCUT2D eigenvalue weighted by atomic mass is 32.1. The first-order valence-corrected chi connectivity index (χ1v) is 11.0. The lowest BCUT2D eigenvalue weighted by molar-refractivity contribution is 0.701. The summed E-state index contributed by atoms with van der Waals surface area (Å²) in [5.74, 6) is 0.0864. The van der Waals surface area contributed by atoms with Crippen LogP contribution in [0.15, 0.2) is 50.8 Å². The lowest BCUT2D eigenvalue weighted by Gasteiger charge is -2.24. The fourth-order valence-electron chi connectivity index (χ4n) is 3.53. The van der Waals surface area contributed by atoms with Gasteiger partial charge in [-0.1, -0.05) is 48.6 Å². The molecule has 3 N–H and O–H groups in total. The summed E-state index contributed by atoms with van der Waals surface area (Å²) in [7, 11) is 0. The third kappa shape index (κ3) is 4.19. The molecule has 11 heteroatoms. The largest absolute Gasteiger partial charge is 0.383 e. The molecule has 0 fully saturated rings. The van der Waals surface area contributed by atoms with E-state index in [0.29, 0.717) is 22.2 Å². The summed E-state index contributed by atoms with van der Waals surface area (Å²) in [6.45, 7) is 4.71. The number of hydrogen-bond donors (Lipinski definition) is 2. The third-order valence-electron chi connectivity index (χ3n) is 4.95. The lowest BCUT2D eigenvalue weighted by atomic mass is 10.2. The van der Waals surface area contributed by atoms with Gasteiger partial charge >= 0.3 is 5.69 Å². The number of aromatic amines is 1. The molecule has 0 radical (unpaired) electrons. The molecule has 3 heterocycles. The van der Waals surface area contributed by atoms with Crippen molar-refractivity contribution < 1.29 is 0 Å². The number of nitrogens with two attached hydrogens (primary N) is 1.